The molecular formula is C12H18N6O. The van der Waals surface area contributed by atoms with Gasteiger partial charge in [0.05, 0.1) is 5.69 Å². The normalized spacial score (nSPS) is 10.5. The maximum Gasteiger partial charge on any atom is 0.228 e. The molecule has 0 aliphatic heterocycles. The molecule has 0 bridgehead atoms. The van der Waals surface area contributed by atoms with Gasteiger partial charge in [0.25, 0.3) is 0 Å². The van der Waals surface area contributed by atoms with Crippen LogP contribution in [0, 0.1) is 6.92 Å². The SMILES string of the molecule is CCCNc1cc(Oc2cc(C)nn2C)nc(N)n1. The fourth-order valence-electron chi connectivity index (χ4n) is 1.63. The number of anilines is 2. The summed E-state index contributed by atoms with van der Waals surface area (Å²) < 4.78 is 7.31. The van der Waals surface area contributed by atoms with Crippen molar-refractivity contribution in [3.8, 4) is 11.8 Å². The van der Waals surface area contributed by atoms with Gasteiger partial charge in [-0.1, -0.05) is 6.92 Å². The number of hydrogen-bond acceptors (Lipinski definition) is 6. The average Bonchev–Trinajstić information content (AvgIpc) is 2.64. The van der Waals surface area contributed by atoms with E-state index in [9.17, 15) is 0 Å². The molecule has 102 valence electrons. The van der Waals surface area contributed by atoms with E-state index in [1.54, 1.807) is 10.7 Å². The summed E-state index contributed by atoms with van der Waals surface area (Å²) in [7, 11) is 1.81. The lowest BCUT2D eigenvalue weighted by molar-refractivity contribution is 0.415. The molecule has 0 unspecified atom stereocenters. The second-order valence-corrected chi connectivity index (χ2v) is 4.23. The number of nitrogen functional groups attached to an aromatic ring is 1. The minimum absolute atomic E-state index is 0.176. The topological polar surface area (TPSA) is 90.9 Å². The summed E-state index contributed by atoms with van der Waals surface area (Å²) in [5, 5.41) is 7.35. The Morgan fingerprint density at radius 2 is 2.16 bits per heavy atom. The molecule has 0 aromatic carbocycles. The van der Waals surface area contributed by atoms with Gasteiger partial charge in [0, 0.05) is 25.7 Å². The number of nitrogens with zero attached hydrogens (tertiary/aromatic N) is 4. The lowest BCUT2D eigenvalue weighted by atomic mass is 10.4. The van der Waals surface area contributed by atoms with Gasteiger partial charge in [0.15, 0.2) is 0 Å². The van der Waals surface area contributed by atoms with E-state index in [0.29, 0.717) is 17.6 Å². The number of nitrogens with two attached hydrogens (primary N) is 1. The number of nitrogens with one attached hydrogen (secondary N) is 1. The van der Waals surface area contributed by atoms with Crippen LogP contribution in [0.5, 0.6) is 11.8 Å². The summed E-state index contributed by atoms with van der Waals surface area (Å²) in [4.78, 5) is 8.14. The van der Waals surface area contributed by atoms with Crippen molar-refractivity contribution in [2.75, 3.05) is 17.6 Å². The monoisotopic (exact) mass is 262 g/mol. The Morgan fingerprint density at radius 3 is 2.79 bits per heavy atom. The molecule has 0 radical (unpaired) electrons. The molecule has 0 atom stereocenters. The van der Waals surface area contributed by atoms with E-state index in [4.69, 9.17) is 10.5 Å². The van der Waals surface area contributed by atoms with Crippen LogP contribution in [0.4, 0.5) is 11.8 Å². The quantitative estimate of drug-likeness (QED) is 0.852. The third-order valence-corrected chi connectivity index (χ3v) is 2.44. The lowest BCUT2D eigenvalue weighted by Crippen LogP contribution is -2.06. The highest BCUT2D eigenvalue weighted by molar-refractivity contribution is 5.43. The van der Waals surface area contributed by atoms with Crippen molar-refractivity contribution in [1.29, 1.82) is 0 Å². The van der Waals surface area contributed by atoms with Gasteiger partial charge in [0.2, 0.25) is 17.7 Å². The molecule has 0 fully saturated rings. The molecule has 7 nitrogen and oxygen atoms in total. The third kappa shape index (κ3) is 3.34. The highest BCUT2D eigenvalue weighted by atomic mass is 16.5. The molecule has 0 aliphatic rings. The zero-order chi connectivity index (χ0) is 13.8. The number of rotatable bonds is 5. The fraction of sp³-hybridized carbons (Fsp3) is 0.417. The van der Waals surface area contributed by atoms with Crippen molar-refractivity contribution in [1.82, 2.24) is 19.7 Å². The Morgan fingerprint density at radius 1 is 1.37 bits per heavy atom. The van der Waals surface area contributed by atoms with Crippen LogP contribution in [0.25, 0.3) is 0 Å². The van der Waals surface area contributed by atoms with Crippen LogP contribution in [0.3, 0.4) is 0 Å². The van der Waals surface area contributed by atoms with E-state index in [-0.39, 0.29) is 5.95 Å². The molecule has 19 heavy (non-hydrogen) atoms. The second-order valence-electron chi connectivity index (χ2n) is 4.23. The molecule has 2 aromatic heterocycles. The van der Waals surface area contributed by atoms with Crippen LogP contribution in [-0.4, -0.2) is 26.3 Å². The summed E-state index contributed by atoms with van der Waals surface area (Å²) >= 11 is 0. The van der Waals surface area contributed by atoms with E-state index in [1.807, 2.05) is 20.0 Å². The van der Waals surface area contributed by atoms with Crippen molar-refractivity contribution in [3.05, 3.63) is 17.8 Å². The molecule has 2 aromatic rings. The van der Waals surface area contributed by atoms with Crippen LogP contribution in [-0.2, 0) is 7.05 Å². The van der Waals surface area contributed by atoms with Gasteiger partial charge in [0.1, 0.15) is 5.82 Å². The largest absolute Gasteiger partial charge is 0.421 e. The number of aryl methyl sites for hydroxylation is 2. The molecule has 0 spiro atoms. The highest BCUT2D eigenvalue weighted by Gasteiger charge is 2.08. The first kappa shape index (κ1) is 13.1. The van der Waals surface area contributed by atoms with E-state index in [1.165, 1.54) is 0 Å². The van der Waals surface area contributed by atoms with Gasteiger partial charge in [-0.3, -0.25) is 0 Å². The molecule has 3 N–H and O–H groups in total. The second kappa shape index (κ2) is 5.55. The van der Waals surface area contributed by atoms with Crippen molar-refractivity contribution in [2.24, 2.45) is 7.05 Å². The zero-order valence-corrected chi connectivity index (χ0v) is 11.3. The Hall–Kier alpha value is -2.31. The Labute approximate surface area is 111 Å². The summed E-state index contributed by atoms with van der Waals surface area (Å²) in [6.07, 6.45) is 1.00. The van der Waals surface area contributed by atoms with Gasteiger partial charge in [-0.05, 0) is 13.3 Å². The molecule has 0 amide bonds. The third-order valence-electron chi connectivity index (χ3n) is 2.44. The van der Waals surface area contributed by atoms with Crippen LogP contribution in [0.2, 0.25) is 0 Å². The predicted octanol–water partition coefficient (Wildman–Crippen LogP) is 1.71. The summed E-state index contributed by atoms with van der Waals surface area (Å²) in [5.74, 6) is 1.84. The van der Waals surface area contributed by atoms with Gasteiger partial charge in [-0.2, -0.15) is 15.1 Å². The van der Waals surface area contributed by atoms with E-state index in [0.717, 1.165) is 18.7 Å². The van der Waals surface area contributed by atoms with Crippen molar-refractivity contribution in [2.45, 2.75) is 20.3 Å². The van der Waals surface area contributed by atoms with Crippen LogP contribution in [0.15, 0.2) is 12.1 Å². The lowest BCUT2D eigenvalue weighted by Gasteiger charge is -2.08. The smallest absolute Gasteiger partial charge is 0.228 e. The number of hydrogen-bond donors (Lipinski definition) is 2. The van der Waals surface area contributed by atoms with Crippen molar-refractivity contribution in [3.63, 3.8) is 0 Å². The average molecular weight is 262 g/mol. The van der Waals surface area contributed by atoms with Gasteiger partial charge < -0.3 is 15.8 Å². The number of aromatic nitrogens is 4. The Bertz CT molecular complexity index is 565. The van der Waals surface area contributed by atoms with Crippen molar-refractivity contribution < 1.29 is 4.74 Å². The summed E-state index contributed by atoms with van der Waals surface area (Å²) in [5.41, 5.74) is 6.54. The Kier molecular flexibility index (Phi) is 3.84. The van der Waals surface area contributed by atoms with Gasteiger partial charge in [-0.25, -0.2) is 4.68 Å². The molecule has 7 heteroatoms. The molecule has 2 heterocycles. The predicted molar refractivity (Wildman–Crippen MR) is 73.2 cm³/mol. The van der Waals surface area contributed by atoms with Crippen LogP contribution in [0.1, 0.15) is 19.0 Å². The molecule has 2 rings (SSSR count). The first-order valence-electron chi connectivity index (χ1n) is 6.15. The minimum Gasteiger partial charge on any atom is -0.421 e. The first-order valence-corrected chi connectivity index (χ1v) is 6.15. The standard InChI is InChI=1S/C12H18N6O/c1-4-5-14-9-7-10(16-12(13)15-9)19-11-6-8(2)17-18(11)3/h6-7H,4-5H2,1-3H3,(H3,13,14,15,16). The first-order chi connectivity index (χ1) is 9.08. The van der Waals surface area contributed by atoms with E-state index < -0.39 is 0 Å². The van der Waals surface area contributed by atoms with Crippen LogP contribution >= 0.6 is 0 Å². The molecule has 0 saturated carbocycles. The van der Waals surface area contributed by atoms with E-state index in [2.05, 4.69) is 27.3 Å². The minimum atomic E-state index is 0.176. The fourth-order valence-corrected chi connectivity index (χ4v) is 1.63. The van der Waals surface area contributed by atoms with Crippen LogP contribution < -0.4 is 15.8 Å². The summed E-state index contributed by atoms with van der Waals surface area (Å²) in [6, 6.07) is 3.55. The number of ether oxygens (including phenoxy) is 1. The van der Waals surface area contributed by atoms with Gasteiger partial charge in [-0.15, -0.1) is 0 Å². The maximum atomic E-state index is 5.66. The highest BCUT2D eigenvalue weighted by Crippen LogP contribution is 2.22. The van der Waals surface area contributed by atoms with E-state index >= 15 is 0 Å². The molecule has 0 saturated heterocycles. The summed E-state index contributed by atoms with van der Waals surface area (Å²) in [6.45, 7) is 4.80. The molecular weight excluding hydrogens is 244 g/mol. The maximum absolute atomic E-state index is 5.66. The molecule has 0 aliphatic carbocycles. The zero-order valence-electron chi connectivity index (χ0n) is 11.3. The van der Waals surface area contributed by atoms with Crippen molar-refractivity contribution >= 4 is 11.8 Å². The van der Waals surface area contributed by atoms with Gasteiger partial charge >= 0.3 is 0 Å². The Balaban J connectivity index is 2.20.